The Morgan fingerprint density at radius 2 is 2.05 bits per heavy atom. The Hall–Kier alpha value is -1.24. The van der Waals surface area contributed by atoms with Crippen LogP contribution in [0.5, 0.6) is 0 Å². The first-order valence-corrected chi connectivity index (χ1v) is 6.93. The maximum Gasteiger partial charge on any atom is 0.0762 e. The average molecular weight is 281 g/mol. The molecular weight excluding hydrogens is 260 g/mol. The molecule has 4 heteroatoms. The minimum atomic E-state index is -0.524. The van der Waals surface area contributed by atoms with E-state index in [1.54, 1.807) is 13.0 Å². The molecule has 0 aliphatic heterocycles. The van der Waals surface area contributed by atoms with Crippen LogP contribution in [0.25, 0.3) is 0 Å². The third-order valence-electron chi connectivity index (χ3n) is 2.87. The van der Waals surface area contributed by atoms with Crippen LogP contribution in [-0.2, 0) is 0 Å². The molecule has 0 radical (unpaired) electrons. The quantitative estimate of drug-likeness (QED) is 0.863. The molecule has 0 aliphatic carbocycles. The van der Waals surface area contributed by atoms with Crippen LogP contribution < -0.4 is 4.90 Å². The van der Waals surface area contributed by atoms with Gasteiger partial charge in [-0.15, -0.1) is 0 Å². The average Bonchev–Trinajstić information content (AvgIpc) is 2.34. The summed E-state index contributed by atoms with van der Waals surface area (Å²) in [4.78, 5) is 2.13. The smallest absolute Gasteiger partial charge is 0.0762 e. The number of halogens is 1. The van der Waals surface area contributed by atoms with Gasteiger partial charge in [0.2, 0.25) is 0 Å². The minimum Gasteiger partial charge on any atom is -0.389 e. The number of nitrogens with zero attached hydrogens (tertiary/aromatic N) is 2. The Labute approximate surface area is 120 Å². The molecule has 1 aromatic carbocycles. The summed E-state index contributed by atoms with van der Waals surface area (Å²) in [5, 5.41) is 18.9. The number of hydrogen-bond acceptors (Lipinski definition) is 3. The molecule has 0 unspecified atom stereocenters. The van der Waals surface area contributed by atoms with Crippen molar-refractivity contribution < 1.29 is 5.11 Å². The normalized spacial score (nSPS) is 12.3. The fourth-order valence-electron chi connectivity index (χ4n) is 1.98. The monoisotopic (exact) mass is 280 g/mol. The second-order valence-corrected chi connectivity index (χ2v) is 5.54. The van der Waals surface area contributed by atoms with Gasteiger partial charge in [-0.2, -0.15) is 5.26 Å². The molecule has 1 atom stereocenters. The Morgan fingerprint density at radius 1 is 1.37 bits per heavy atom. The van der Waals surface area contributed by atoms with Crippen molar-refractivity contribution in [3.05, 3.63) is 28.8 Å². The van der Waals surface area contributed by atoms with Crippen molar-refractivity contribution in [1.82, 2.24) is 0 Å². The standard InChI is InChI=1S/C15H21ClN2O/c1-11(2)10-18(8-4-7-17)15-6-5-13(12(3)19)9-14(15)16/h5-6,9,11-12,19H,4,8,10H2,1-3H3/t12-/m0/s1. The highest BCUT2D eigenvalue weighted by atomic mass is 35.5. The van der Waals surface area contributed by atoms with E-state index in [9.17, 15) is 5.11 Å². The van der Waals surface area contributed by atoms with Crippen molar-refractivity contribution >= 4 is 17.3 Å². The van der Waals surface area contributed by atoms with Gasteiger partial charge in [0.25, 0.3) is 0 Å². The lowest BCUT2D eigenvalue weighted by Gasteiger charge is -2.27. The van der Waals surface area contributed by atoms with Gasteiger partial charge in [0, 0.05) is 13.1 Å². The molecule has 0 fully saturated rings. The van der Waals surface area contributed by atoms with E-state index < -0.39 is 6.10 Å². The van der Waals surface area contributed by atoms with Gasteiger partial charge in [-0.1, -0.05) is 31.5 Å². The third kappa shape index (κ3) is 4.74. The zero-order valence-corrected chi connectivity index (χ0v) is 12.5. The summed E-state index contributed by atoms with van der Waals surface area (Å²) in [6, 6.07) is 7.76. The maximum atomic E-state index is 9.55. The lowest BCUT2D eigenvalue weighted by atomic mass is 10.1. The SMILES string of the molecule is CC(C)CN(CCC#N)c1ccc([C@H](C)O)cc1Cl. The molecule has 3 nitrogen and oxygen atoms in total. The molecule has 0 spiro atoms. The zero-order valence-electron chi connectivity index (χ0n) is 11.7. The summed E-state index contributed by atoms with van der Waals surface area (Å²) in [6.45, 7) is 7.51. The van der Waals surface area contributed by atoms with E-state index in [1.807, 2.05) is 12.1 Å². The molecule has 19 heavy (non-hydrogen) atoms. The zero-order chi connectivity index (χ0) is 14.4. The number of rotatable bonds is 6. The lowest BCUT2D eigenvalue weighted by molar-refractivity contribution is 0.199. The number of hydrogen-bond donors (Lipinski definition) is 1. The van der Waals surface area contributed by atoms with Crippen LogP contribution in [-0.4, -0.2) is 18.2 Å². The van der Waals surface area contributed by atoms with Crippen LogP contribution >= 0.6 is 11.6 Å². The van der Waals surface area contributed by atoms with Crippen molar-refractivity contribution in [3.63, 3.8) is 0 Å². The molecule has 1 aromatic rings. The fraction of sp³-hybridized carbons (Fsp3) is 0.533. The minimum absolute atomic E-state index is 0.473. The second kappa shape index (κ2) is 7.37. The van der Waals surface area contributed by atoms with E-state index in [4.69, 9.17) is 16.9 Å². The van der Waals surface area contributed by atoms with E-state index in [0.29, 0.717) is 23.9 Å². The van der Waals surface area contributed by atoms with Crippen molar-refractivity contribution in [1.29, 1.82) is 5.26 Å². The van der Waals surface area contributed by atoms with Crippen molar-refractivity contribution in [2.45, 2.75) is 33.3 Å². The number of anilines is 1. The Kier molecular flexibility index (Phi) is 6.14. The van der Waals surface area contributed by atoms with Gasteiger partial charge < -0.3 is 10.0 Å². The molecular formula is C15H21ClN2O. The maximum absolute atomic E-state index is 9.55. The topological polar surface area (TPSA) is 47.3 Å². The first-order valence-electron chi connectivity index (χ1n) is 6.55. The molecule has 0 bridgehead atoms. The summed E-state index contributed by atoms with van der Waals surface area (Å²) in [7, 11) is 0. The van der Waals surface area contributed by atoms with Crippen LogP contribution in [0.15, 0.2) is 18.2 Å². The first-order chi connectivity index (χ1) is 8.95. The highest BCUT2D eigenvalue weighted by Crippen LogP contribution is 2.29. The first kappa shape index (κ1) is 15.8. The van der Waals surface area contributed by atoms with Crippen molar-refractivity contribution in [3.8, 4) is 6.07 Å². The molecule has 1 rings (SSSR count). The molecule has 0 aliphatic rings. The Morgan fingerprint density at radius 3 is 2.53 bits per heavy atom. The van der Waals surface area contributed by atoms with E-state index in [1.165, 1.54) is 0 Å². The fourth-order valence-corrected chi connectivity index (χ4v) is 2.28. The molecule has 104 valence electrons. The van der Waals surface area contributed by atoms with E-state index in [0.717, 1.165) is 17.8 Å². The molecule has 0 amide bonds. The molecule has 0 saturated heterocycles. The summed E-state index contributed by atoms with van der Waals surface area (Å²) >= 11 is 6.29. The molecule has 0 heterocycles. The van der Waals surface area contributed by atoms with Crippen LogP contribution in [0.2, 0.25) is 5.02 Å². The van der Waals surface area contributed by atoms with Gasteiger partial charge in [0.15, 0.2) is 0 Å². The van der Waals surface area contributed by atoms with Gasteiger partial charge in [-0.05, 0) is 30.5 Å². The summed E-state index contributed by atoms with van der Waals surface area (Å²) in [5.74, 6) is 0.492. The second-order valence-electron chi connectivity index (χ2n) is 5.13. The number of nitriles is 1. The van der Waals surface area contributed by atoms with Gasteiger partial charge in [0.05, 0.1) is 29.3 Å². The van der Waals surface area contributed by atoms with Crippen LogP contribution in [0.4, 0.5) is 5.69 Å². The van der Waals surface area contributed by atoms with Crippen LogP contribution in [0.3, 0.4) is 0 Å². The largest absolute Gasteiger partial charge is 0.389 e. The number of aliphatic hydroxyl groups is 1. The number of aliphatic hydroxyl groups excluding tert-OH is 1. The summed E-state index contributed by atoms with van der Waals surface area (Å²) < 4.78 is 0. The van der Waals surface area contributed by atoms with Crippen molar-refractivity contribution in [2.24, 2.45) is 5.92 Å². The highest BCUT2D eigenvalue weighted by Gasteiger charge is 2.13. The molecule has 0 aromatic heterocycles. The Balaban J connectivity index is 2.98. The number of benzene rings is 1. The lowest BCUT2D eigenvalue weighted by Crippen LogP contribution is -2.28. The predicted molar refractivity (Wildman–Crippen MR) is 79.4 cm³/mol. The van der Waals surface area contributed by atoms with Gasteiger partial charge in [-0.3, -0.25) is 0 Å². The van der Waals surface area contributed by atoms with E-state index >= 15 is 0 Å². The van der Waals surface area contributed by atoms with E-state index in [2.05, 4.69) is 24.8 Å². The highest BCUT2D eigenvalue weighted by molar-refractivity contribution is 6.33. The van der Waals surface area contributed by atoms with E-state index in [-0.39, 0.29) is 0 Å². The van der Waals surface area contributed by atoms with Crippen molar-refractivity contribution in [2.75, 3.05) is 18.0 Å². The van der Waals surface area contributed by atoms with Crippen LogP contribution in [0, 0.1) is 17.2 Å². The predicted octanol–water partition coefficient (Wildman–Crippen LogP) is 3.77. The Bertz CT molecular complexity index is 452. The van der Waals surface area contributed by atoms with Crippen LogP contribution in [0.1, 0.15) is 38.9 Å². The van der Waals surface area contributed by atoms with Gasteiger partial charge in [0.1, 0.15) is 0 Å². The van der Waals surface area contributed by atoms with Gasteiger partial charge >= 0.3 is 0 Å². The molecule has 1 N–H and O–H groups in total. The third-order valence-corrected chi connectivity index (χ3v) is 3.18. The summed E-state index contributed by atoms with van der Waals surface area (Å²) in [5.41, 5.74) is 1.73. The molecule has 0 saturated carbocycles. The van der Waals surface area contributed by atoms with Gasteiger partial charge in [-0.25, -0.2) is 0 Å². The summed E-state index contributed by atoms with van der Waals surface area (Å²) in [6.07, 6.45) is -0.0505.